The van der Waals surface area contributed by atoms with Gasteiger partial charge in [-0.05, 0) is 31.2 Å². The van der Waals surface area contributed by atoms with E-state index in [1.807, 2.05) is 42.2 Å². The number of hydrogen-bond donors (Lipinski definition) is 0. The van der Waals surface area contributed by atoms with Crippen LogP contribution >= 0.6 is 0 Å². The SMILES string of the molecule is COc1ccc(C(=O)N2CCN(Cc3cc(C)no3)CC2)cc1. The van der Waals surface area contributed by atoms with E-state index in [1.54, 1.807) is 7.11 Å². The van der Waals surface area contributed by atoms with Crippen molar-refractivity contribution in [2.75, 3.05) is 33.3 Å². The Balaban J connectivity index is 1.54. The van der Waals surface area contributed by atoms with E-state index in [-0.39, 0.29) is 5.91 Å². The number of aryl methyl sites for hydroxylation is 1. The summed E-state index contributed by atoms with van der Waals surface area (Å²) in [5, 5.41) is 3.90. The number of benzene rings is 1. The Morgan fingerprint density at radius 3 is 2.48 bits per heavy atom. The third-order valence-electron chi connectivity index (χ3n) is 4.05. The first-order valence-electron chi connectivity index (χ1n) is 7.73. The number of carbonyl (C=O) groups excluding carboxylic acids is 1. The maximum atomic E-state index is 12.5. The molecule has 1 saturated heterocycles. The molecule has 1 aliphatic rings. The van der Waals surface area contributed by atoms with Crippen LogP contribution in [0.15, 0.2) is 34.9 Å². The molecule has 2 heterocycles. The second-order valence-corrected chi connectivity index (χ2v) is 5.73. The van der Waals surface area contributed by atoms with Crippen molar-refractivity contribution in [2.45, 2.75) is 13.5 Å². The summed E-state index contributed by atoms with van der Waals surface area (Å²) in [6.45, 7) is 5.77. The minimum Gasteiger partial charge on any atom is -0.497 e. The van der Waals surface area contributed by atoms with Crippen LogP contribution < -0.4 is 4.74 Å². The van der Waals surface area contributed by atoms with Crippen LogP contribution in [0, 0.1) is 6.92 Å². The molecule has 6 nitrogen and oxygen atoms in total. The van der Waals surface area contributed by atoms with Gasteiger partial charge in [-0.2, -0.15) is 0 Å². The third kappa shape index (κ3) is 3.71. The molecule has 0 unspecified atom stereocenters. The maximum absolute atomic E-state index is 12.5. The minimum absolute atomic E-state index is 0.0720. The smallest absolute Gasteiger partial charge is 0.253 e. The quantitative estimate of drug-likeness (QED) is 0.863. The molecule has 3 rings (SSSR count). The molecule has 23 heavy (non-hydrogen) atoms. The van der Waals surface area contributed by atoms with Crippen molar-refractivity contribution in [1.82, 2.24) is 15.0 Å². The summed E-state index contributed by atoms with van der Waals surface area (Å²) in [7, 11) is 1.62. The van der Waals surface area contributed by atoms with Gasteiger partial charge in [-0.3, -0.25) is 9.69 Å². The summed E-state index contributed by atoms with van der Waals surface area (Å²) in [5.74, 6) is 1.70. The van der Waals surface area contributed by atoms with E-state index >= 15 is 0 Å². The van der Waals surface area contributed by atoms with Crippen molar-refractivity contribution in [3.63, 3.8) is 0 Å². The molecule has 0 aliphatic carbocycles. The lowest BCUT2D eigenvalue weighted by molar-refractivity contribution is 0.0617. The third-order valence-corrected chi connectivity index (χ3v) is 4.05. The van der Waals surface area contributed by atoms with Crippen molar-refractivity contribution in [3.05, 3.63) is 47.3 Å². The number of nitrogens with zero attached hydrogens (tertiary/aromatic N) is 3. The van der Waals surface area contributed by atoms with Crippen molar-refractivity contribution in [2.24, 2.45) is 0 Å². The van der Waals surface area contributed by atoms with Crippen molar-refractivity contribution < 1.29 is 14.1 Å². The number of rotatable bonds is 4. The summed E-state index contributed by atoms with van der Waals surface area (Å²) in [4.78, 5) is 16.7. The molecule has 0 N–H and O–H groups in total. The Kier molecular flexibility index (Phi) is 4.62. The Morgan fingerprint density at radius 2 is 1.91 bits per heavy atom. The normalized spacial score (nSPS) is 15.7. The number of aromatic nitrogens is 1. The molecule has 6 heteroatoms. The molecular weight excluding hydrogens is 294 g/mol. The highest BCUT2D eigenvalue weighted by molar-refractivity contribution is 5.94. The number of hydrogen-bond acceptors (Lipinski definition) is 5. The summed E-state index contributed by atoms with van der Waals surface area (Å²) >= 11 is 0. The molecule has 0 saturated carbocycles. The van der Waals surface area contributed by atoms with Crippen LogP contribution in [0.5, 0.6) is 5.75 Å². The highest BCUT2D eigenvalue weighted by Gasteiger charge is 2.22. The van der Waals surface area contributed by atoms with Crippen LogP contribution in [0.1, 0.15) is 21.8 Å². The van der Waals surface area contributed by atoms with Crippen molar-refractivity contribution in [3.8, 4) is 5.75 Å². The van der Waals surface area contributed by atoms with Crippen LogP contribution in [-0.4, -0.2) is 54.2 Å². The van der Waals surface area contributed by atoms with Crippen LogP contribution in [0.4, 0.5) is 0 Å². The number of carbonyl (C=O) groups is 1. The average Bonchev–Trinajstić information content (AvgIpc) is 3.00. The monoisotopic (exact) mass is 315 g/mol. The molecule has 1 fully saturated rings. The van der Waals surface area contributed by atoms with E-state index in [9.17, 15) is 4.79 Å². The number of piperazine rings is 1. The Morgan fingerprint density at radius 1 is 1.22 bits per heavy atom. The topological polar surface area (TPSA) is 58.8 Å². The number of ether oxygens (including phenoxy) is 1. The predicted octanol–water partition coefficient (Wildman–Crippen LogP) is 1.95. The zero-order valence-corrected chi connectivity index (χ0v) is 13.5. The average molecular weight is 315 g/mol. The zero-order valence-electron chi connectivity index (χ0n) is 13.5. The summed E-state index contributed by atoms with van der Waals surface area (Å²) in [6.07, 6.45) is 0. The highest BCUT2D eigenvalue weighted by Crippen LogP contribution is 2.15. The van der Waals surface area contributed by atoms with E-state index < -0.39 is 0 Å². The standard InChI is InChI=1S/C17H21N3O3/c1-13-11-16(23-18-13)12-19-7-9-20(10-8-19)17(21)14-3-5-15(22-2)6-4-14/h3-6,11H,7-10,12H2,1-2H3. The second-order valence-electron chi connectivity index (χ2n) is 5.73. The number of methoxy groups -OCH3 is 1. The largest absolute Gasteiger partial charge is 0.497 e. The van der Waals surface area contributed by atoms with Gasteiger partial charge in [-0.1, -0.05) is 5.16 Å². The first-order chi connectivity index (χ1) is 11.2. The minimum atomic E-state index is 0.0720. The van der Waals surface area contributed by atoms with Gasteiger partial charge >= 0.3 is 0 Å². The molecule has 1 amide bonds. The summed E-state index contributed by atoms with van der Waals surface area (Å²) < 4.78 is 10.4. The molecule has 122 valence electrons. The molecule has 0 atom stereocenters. The first-order valence-corrected chi connectivity index (χ1v) is 7.73. The molecule has 1 aromatic heterocycles. The Hall–Kier alpha value is -2.34. The van der Waals surface area contributed by atoms with Gasteiger partial charge in [-0.25, -0.2) is 0 Å². The summed E-state index contributed by atoms with van der Waals surface area (Å²) in [5.41, 5.74) is 1.60. The zero-order chi connectivity index (χ0) is 16.2. The van der Waals surface area contributed by atoms with E-state index in [4.69, 9.17) is 9.26 Å². The van der Waals surface area contributed by atoms with E-state index in [0.29, 0.717) is 5.56 Å². The fourth-order valence-corrected chi connectivity index (χ4v) is 2.74. The van der Waals surface area contributed by atoms with Crippen LogP contribution in [0.2, 0.25) is 0 Å². The van der Waals surface area contributed by atoms with E-state index in [2.05, 4.69) is 10.1 Å². The van der Waals surface area contributed by atoms with Gasteiger partial charge in [0.25, 0.3) is 5.91 Å². The maximum Gasteiger partial charge on any atom is 0.253 e. The Labute approximate surface area is 135 Å². The van der Waals surface area contributed by atoms with Crippen molar-refractivity contribution >= 4 is 5.91 Å². The molecule has 2 aromatic rings. The molecule has 0 radical (unpaired) electrons. The fourth-order valence-electron chi connectivity index (χ4n) is 2.74. The van der Waals surface area contributed by atoms with Gasteiger partial charge in [0.2, 0.25) is 0 Å². The molecule has 0 bridgehead atoms. The van der Waals surface area contributed by atoms with Gasteiger partial charge < -0.3 is 14.2 Å². The van der Waals surface area contributed by atoms with Crippen molar-refractivity contribution in [1.29, 1.82) is 0 Å². The van der Waals surface area contributed by atoms with Crippen LogP contribution in [0.3, 0.4) is 0 Å². The first kappa shape index (κ1) is 15.6. The Bertz CT molecular complexity index is 658. The molecule has 1 aromatic carbocycles. The molecule has 0 spiro atoms. The second kappa shape index (κ2) is 6.83. The number of amides is 1. The van der Waals surface area contributed by atoms with Gasteiger partial charge in [0, 0.05) is 37.8 Å². The predicted molar refractivity (Wildman–Crippen MR) is 85.4 cm³/mol. The highest BCUT2D eigenvalue weighted by atomic mass is 16.5. The fraction of sp³-hybridized carbons (Fsp3) is 0.412. The van der Waals surface area contributed by atoms with Gasteiger partial charge in [0.1, 0.15) is 5.75 Å². The lowest BCUT2D eigenvalue weighted by atomic mass is 10.1. The van der Waals surface area contributed by atoms with Gasteiger partial charge in [-0.15, -0.1) is 0 Å². The van der Waals surface area contributed by atoms with Gasteiger partial charge in [0.05, 0.1) is 19.3 Å². The summed E-state index contributed by atoms with van der Waals surface area (Å²) in [6, 6.07) is 9.20. The molecule has 1 aliphatic heterocycles. The molecular formula is C17H21N3O3. The van der Waals surface area contributed by atoms with Crippen LogP contribution in [-0.2, 0) is 6.54 Å². The van der Waals surface area contributed by atoms with Crippen LogP contribution in [0.25, 0.3) is 0 Å². The van der Waals surface area contributed by atoms with Gasteiger partial charge in [0.15, 0.2) is 5.76 Å². The lowest BCUT2D eigenvalue weighted by Crippen LogP contribution is -2.48. The lowest BCUT2D eigenvalue weighted by Gasteiger charge is -2.34. The van der Waals surface area contributed by atoms with E-state index in [1.165, 1.54) is 0 Å². The van der Waals surface area contributed by atoms with E-state index in [0.717, 1.165) is 49.9 Å².